The van der Waals surface area contributed by atoms with Crippen LogP contribution in [0, 0.1) is 5.41 Å². The van der Waals surface area contributed by atoms with Crippen molar-refractivity contribution in [1.82, 2.24) is 5.32 Å². The number of carbonyl (C=O) groups excluding carboxylic acids is 1. The number of para-hydroxylation sites is 1. The van der Waals surface area contributed by atoms with Gasteiger partial charge in [-0.25, -0.2) is 4.79 Å². The van der Waals surface area contributed by atoms with E-state index in [-0.39, 0.29) is 17.9 Å². The molecule has 1 heterocycles. The molecule has 110 valence electrons. The van der Waals surface area contributed by atoms with Crippen molar-refractivity contribution in [3.8, 4) is 5.75 Å². The Morgan fingerprint density at radius 1 is 1.35 bits per heavy atom. The maximum absolute atomic E-state index is 12.4. The lowest BCUT2D eigenvalue weighted by atomic mass is 9.80. The van der Waals surface area contributed by atoms with Gasteiger partial charge < -0.3 is 14.8 Å². The molecule has 0 unspecified atom stereocenters. The molecule has 7 heteroatoms. The van der Waals surface area contributed by atoms with Crippen LogP contribution in [0.1, 0.15) is 25.5 Å². The third kappa shape index (κ3) is 3.15. The van der Waals surface area contributed by atoms with E-state index in [2.05, 4.69) is 10.1 Å². The van der Waals surface area contributed by atoms with Crippen molar-refractivity contribution in [2.24, 2.45) is 5.41 Å². The second-order valence-corrected chi connectivity index (χ2v) is 5.23. The molecule has 1 saturated heterocycles. The molecule has 4 nitrogen and oxygen atoms in total. The molecule has 1 atom stereocenters. The lowest BCUT2D eigenvalue weighted by molar-refractivity contribution is -0.275. The SMILES string of the molecule is CC1(C)COC(=O)N[C@@H]1c1ccccc1OC(F)(F)F. The second-order valence-electron chi connectivity index (χ2n) is 5.23. The van der Waals surface area contributed by atoms with E-state index in [1.807, 2.05) is 0 Å². The molecule has 1 aromatic carbocycles. The summed E-state index contributed by atoms with van der Waals surface area (Å²) < 4.78 is 46.2. The minimum absolute atomic E-state index is 0.115. The van der Waals surface area contributed by atoms with Crippen LogP contribution in [-0.4, -0.2) is 19.1 Å². The Labute approximate surface area is 113 Å². The van der Waals surface area contributed by atoms with Gasteiger partial charge in [-0.05, 0) is 6.07 Å². The normalized spacial score (nSPS) is 21.9. The highest BCUT2D eigenvalue weighted by Crippen LogP contribution is 2.41. The van der Waals surface area contributed by atoms with Gasteiger partial charge in [-0.3, -0.25) is 0 Å². The number of amides is 1. The number of hydrogen-bond acceptors (Lipinski definition) is 3. The summed E-state index contributed by atoms with van der Waals surface area (Å²) in [4.78, 5) is 11.3. The summed E-state index contributed by atoms with van der Waals surface area (Å²) in [6.45, 7) is 3.70. The third-order valence-corrected chi connectivity index (χ3v) is 3.07. The van der Waals surface area contributed by atoms with E-state index < -0.39 is 23.9 Å². The van der Waals surface area contributed by atoms with Gasteiger partial charge in [-0.1, -0.05) is 32.0 Å². The molecule has 1 aliphatic rings. The van der Waals surface area contributed by atoms with Crippen molar-refractivity contribution in [1.29, 1.82) is 0 Å². The van der Waals surface area contributed by atoms with Crippen LogP contribution in [0.5, 0.6) is 5.75 Å². The van der Waals surface area contributed by atoms with Gasteiger partial charge in [0.1, 0.15) is 12.4 Å². The van der Waals surface area contributed by atoms with Crippen molar-refractivity contribution in [3.05, 3.63) is 29.8 Å². The fourth-order valence-electron chi connectivity index (χ4n) is 2.13. The van der Waals surface area contributed by atoms with E-state index in [4.69, 9.17) is 4.74 Å². The first kappa shape index (κ1) is 14.5. The number of alkyl carbamates (subject to hydrolysis) is 1. The van der Waals surface area contributed by atoms with Crippen LogP contribution in [0.2, 0.25) is 0 Å². The monoisotopic (exact) mass is 289 g/mol. The van der Waals surface area contributed by atoms with Crippen molar-refractivity contribution in [2.45, 2.75) is 26.3 Å². The minimum atomic E-state index is -4.78. The van der Waals surface area contributed by atoms with Gasteiger partial charge in [0, 0.05) is 11.0 Å². The molecule has 1 amide bonds. The van der Waals surface area contributed by atoms with E-state index in [9.17, 15) is 18.0 Å². The summed E-state index contributed by atoms with van der Waals surface area (Å²) >= 11 is 0. The molecule has 1 N–H and O–H groups in total. The van der Waals surface area contributed by atoms with Crippen molar-refractivity contribution >= 4 is 6.09 Å². The Balaban J connectivity index is 2.38. The Hall–Kier alpha value is -1.92. The summed E-state index contributed by atoms with van der Waals surface area (Å²) in [6.07, 6.45) is -5.44. The molecule has 0 radical (unpaired) electrons. The Morgan fingerprint density at radius 3 is 2.65 bits per heavy atom. The largest absolute Gasteiger partial charge is 0.573 e. The first-order valence-corrected chi connectivity index (χ1v) is 5.97. The Bertz CT molecular complexity index is 514. The topological polar surface area (TPSA) is 47.6 Å². The molecule has 0 aromatic heterocycles. The highest BCUT2D eigenvalue weighted by molar-refractivity contribution is 5.69. The van der Waals surface area contributed by atoms with Crippen LogP contribution in [0.25, 0.3) is 0 Å². The lowest BCUT2D eigenvalue weighted by Gasteiger charge is -2.39. The number of ether oxygens (including phenoxy) is 2. The molecular weight excluding hydrogens is 275 g/mol. The third-order valence-electron chi connectivity index (χ3n) is 3.07. The number of nitrogens with one attached hydrogen (secondary N) is 1. The first-order valence-electron chi connectivity index (χ1n) is 5.97. The zero-order valence-electron chi connectivity index (χ0n) is 11.0. The van der Waals surface area contributed by atoms with Gasteiger partial charge in [0.2, 0.25) is 0 Å². The van der Waals surface area contributed by atoms with Crippen LogP contribution in [-0.2, 0) is 4.74 Å². The van der Waals surface area contributed by atoms with E-state index in [0.29, 0.717) is 0 Å². The minimum Gasteiger partial charge on any atom is -0.449 e. The molecule has 1 aromatic rings. The molecule has 20 heavy (non-hydrogen) atoms. The first-order chi connectivity index (χ1) is 9.19. The summed E-state index contributed by atoms with van der Waals surface area (Å²) in [5.74, 6) is -0.319. The zero-order chi connectivity index (χ0) is 15.0. The van der Waals surface area contributed by atoms with Gasteiger partial charge in [0.05, 0.1) is 6.04 Å². The number of carbonyl (C=O) groups is 1. The molecule has 1 fully saturated rings. The highest BCUT2D eigenvalue weighted by atomic mass is 19.4. The number of cyclic esters (lactones) is 1. The quantitative estimate of drug-likeness (QED) is 0.907. The Morgan fingerprint density at radius 2 is 2.00 bits per heavy atom. The number of benzene rings is 1. The average Bonchev–Trinajstić information content (AvgIpc) is 2.31. The smallest absolute Gasteiger partial charge is 0.449 e. The fourth-order valence-corrected chi connectivity index (χ4v) is 2.13. The summed E-state index contributed by atoms with van der Waals surface area (Å²) in [6, 6.07) is 5.14. The van der Waals surface area contributed by atoms with Gasteiger partial charge in [-0.15, -0.1) is 13.2 Å². The summed E-state index contributed by atoms with van der Waals surface area (Å²) in [5, 5.41) is 2.54. The molecule has 0 spiro atoms. The average molecular weight is 289 g/mol. The van der Waals surface area contributed by atoms with E-state index in [0.717, 1.165) is 0 Å². The van der Waals surface area contributed by atoms with Gasteiger partial charge in [0.25, 0.3) is 0 Å². The van der Waals surface area contributed by atoms with Crippen LogP contribution >= 0.6 is 0 Å². The molecule has 1 aliphatic heterocycles. The number of halogens is 3. The van der Waals surface area contributed by atoms with E-state index in [1.165, 1.54) is 18.2 Å². The number of rotatable bonds is 2. The molecule has 0 bridgehead atoms. The maximum atomic E-state index is 12.4. The van der Waals surface area contributed by atoms with Crippen LogP contribution in [0.3, 0.4) is 0 Å². The van der Waals surface area contributed by atoms with Crippen molar-refractivity contribution in [3.63, 3.8) is 0 Å². The zero-order valence-corrected chi connectivity index (χ0v) is 11.0. The van der Waals surface area contributed by atoms with Gasteiger partial charge in [0.15, 0.2) is 0 Å². The molecule has 0 saturated carbocycles. The predicted octanol–water partition coefficient (Wildman–Crippen LogP) is 3.39. The van der Waals surface area contributed by atoms with Crippen molar-refractivity contribution < 1.29 is 27.4 Å². The number of hydrogen-bond donors (Lipinski definition) is 1. The van der Waals surface area contributed by atoms with Crippen molar-refractivity contribution in [2.75, 3.05) is 6.61 Å². The highest BCUT2D eigenvalue weighted by Gasteiger charge is 2.41. The second kappa shape index (κ2) is 4.88. The van der Waals surface area contributed by atoms with E-state index >= 15 is 0 Å². The molecular formula is C13H14F3NO3. The summed E-state index contributed by atoms with van der Waals surface area (Å²) in [5.41, 5.74) is -0.287. The van der Waals surface area contributed by atoms with Gasteiger partial charge in [-0.2, -0.15) is 0 Å². The van der Waals surface area contributed by atoms with Gasteiger partial charge >= 0.3 is 12.5 Å². The lowest BCUT2D eigenvalue weighted by Crippen LogP contribution is -2.47. The van der Waals surface area contributed by atoms with Crippen LogP contribution in [0.15, 0.2) is 24.3 Å². The Kier molecular flexibility index (Phi) is 3.54. The van der Waals surface area contributed by atoms with Crippen LogP contribution in [0.4, 0.5) is 18.0 Å². The predicted molar refractivity (Wildman–Crippen MR) is 64.1 cm³/mol. The fraction of sp³-hybridized carbons (Fsp3) is 0.462. The molecule has 0 aliphatic carbocycles. The van der Waals surface area contributed by atoms with E-state index in [1.54, 1.807) is 19.9 Å². The number of alkyl halides is 3. The molecule has 2 rings (SSSR count). The maximum Gasteiger partial charge on any atom is 0.573 e. The summed E-state index contributed by atoms with van der Waals surface area (Å²) in [7, 11) is 0. The standard InChI is InChI=1S/C13H14F3NO3/c1-12(2)7-19-11(18)17-10(12)8-5-3-4-6-9(8)20-13(14,15)16/h3-6,10H,7H2,1-2H3,(H,17,18)/t10-/m1/s1. The van der Waals surface area contributed by atoms with Crippen LogP contribution < -0.4 is 10.1 Å².